The summed E-state index contributed by atoms with van der Waals surface area (Å²) in [7, 11) is 0. The molecule has 0 saturated carbocycles. The summed E-state index contributed by atoms with van der Waals surface area (Å²) in [6.45, 7) is 13.0. The molecule has 108 valence electrons. The van der Waals surface area contributed by atoms with Gasteiger partial charge in [0.05, 0.1) is 0 Å². The second-order valence-corrected chi connectivity index (χ2v) is 6.71. The summed E-state index contributed by atoms with van der Waals surface area (Å²) in [6.07, 6.45) is 4.61. The van der Waals surface area contributed by atoms with Crippen molar-refractivity contribution in [2.45, 2.75) is 65.5 Å². The Bertz CT molecular complexity index is 217. The van der Waals surface area contributed by atoms with Gasteiger partial charge in [-0.15, -0.1) is 0 Å². The van der Waals surface area contributed by atoms with E-state index >= 15 is 0 Å². The quantitative estimate of drug-likeness (QED) is 0.765. The van der Waals surface area contributed by atoms with E-state index in [-0.39, 0.29) is 12.0 Å². The predicted octanol–water partition coefficient (Wildman–Crippen LogP) is 2.25. The van der Waals surface area contributed by atoms with Crippen molar-refractivity contribution in [3.05, 3.63) is 0 Å². The summed E-state index contributed by atoms with van der Waals surface area (Å²) >= 11 is 0. The molecule has 0 amide bonds. The van der Waals surface area contributed by atoms with E-state index < -0.39 is 0 Å². The van der Waals surface area contributed by atoms with Crippen LogP contribution in [0.15, 0.2) is 0 Å². The van der Waals surface area contributed by atoms with Crippen LogP contribution in [0.3, 0.4) is 0 Å². The maximum absolute atomic E-state index is 9.19. The highest BCUT2D eigenvalue weighted by molar-refractivity contribution is 4.86. The van der Waals surface area contributed by atoms with Crippen LogP contribution >= 0.6 is 0 Å². The minimum absolute atomic E-state index is 0.225. The molecule has 1 rings (SSSR count). The molecule has 1 atom stereocenters. The standard InChI is InChI=1S/C15H32N2O/c1-5-9-17-10-6-13(7-11-17)16-14(8-12-18)15(2,3)4/h13-14,16,18H,5-12H2,1-4H3. The van der Waals surface area contributed by atoms with Crippen LogP contribution < -0.4 is 5.32 Å². The van der Waals surface area contributed by atoms with Gasteiger partial charge in [0.15, 0.2) is 0 Å². The van der Waals surface area contributed by atoms with Gasteiger partial charge in [0, 0.05) is 18.7 Å². The van der Waals surface area contributed by atoms with Gasteiger partial charge >= 0.3 is 0 Å². The third kappa shape index (κ3) is 5.25. The van der Waals surface area contributed by atoms with Gasteiger partial charge < -0.3 is 15.3 Å². The van der Waals surface area contributed by atoms with Gasteiger partial charge in [-0.25, -0.2) is 0 Å². The number of hydrogen-bond acceptors (Lipinski definition) is 3. The summed E-state index contributed by atoms with van der Waals surface area (Å²) in [6, 6.07) is 1.05. The Labute approximate surface area is 113 Å². The number of likely N-dealkylation sites (tertiary alicyclic amines) is 1. The molecule has 0 radical (unpaired) electrons. The number of nitrogens with one attached hydrogen (secondary N) is 1. The number of nitrogens with zero attached hydrogens (tertiary/aromatic N) is 1. The van der Waals surface area contributed by atoms with Crippen molar-refractivity contribution in [1.82, 2.24) is 10.2 Å². The number of aliphatic hydroxyl groups excluding tert-OH is 1. The molecule has 3 nitrogen and oxygen atoms in total. The molecule has 1 fully saturated rings. The van der Waals surface area contributed by atoms with Crippen molar-refractivity contribution < 1.29 is 5.11 Å². The van der Waals surface area contributed by atoms with Crippen LogP contribution in [0.5, 0.6) is 0 Å². The Morgan fingerprint density at radius 3 is 2.33 bits per heavy atom. The van der Waals surface area contributed by atoms with Crippen LogP contribution in [0.1, 0.15) is 53.4 Å². The zero-order chi connectivity index (χ0) is 13.6. The van der Waals surface area contributed by atoms with Gasteiger partial charge in [0.2, 0.25) is 0 Å². The van der Waals surface area contributed by atoms with Crippen LogP contribution in [-0.4, -0.2) is 48.3 Å². The molecule has 0 aromatic rings. The van der Waals surface area contributed by atoms with Crippen LogP contribution in [0.4, 0.5) is 0 Å². The Morgan fingerprint density at radius 2 is 1.89 bits per heavy atom. The molecule has 18 heavy (non-hydrogen) atoms. The fraction of sp³-hybridized carbons (Fsp3) is 1.00. The van der Waals surface area contributed by atoms with E-state index in [1.165, 1.54) is 38.9 Å². The van der Waals surface area contributed by atoms with Gasteiger partial charge in [-0.3, -0.25) is 0 Å². The minimum atomic E-state index is 0.225. The molecular weight excluding hydrogens is 224 g/mol. The Hall–Kier alpha value is -0.120. The summed E-state index contributed by atoms with van der Waals surface area (Å²) in [5.41, 5.74) is 0.225. The maximum atomic E-state index is 9.19. The van der Waals surface area contributed by atoms with Gasteiger partial charge in [-0.1, -0.05) is 27.7 Å². The number of piperidine rings is 1. The second-order valence-electron chi connectivity index (χ2n) is 6.71. The molecule has 1 aliphatic rings. The van der Waals surface area contributed by atoms with Crippen LogP contribution in [-0.2, 0) is 0 Å². The molecule has 1 saturated heterocycles. The topological polar surface area (TPSA) is 35.5 Å². The lowest BCUT2D eigenvalue weighted by Gasteiger charge is -2.38. The summed E-state index contributed by atoms with van der Waals surface area (Å²) in [5, 5.41) is 13.0. The molecule has 0 aliphatic carbocycles. The lowest BCUT2D eigenvalue weighted by molar-refractivity contribution is 0.147. The highest BCUT2D eigenvalue weighted by atomic mass is 16.3. The van der Waals surface area contributed by atoms with E-state index in [0.717, 1.165) is 6.42 Å². The first kappa shape index (κ1) is 15.9. The van der Waals surface area contributed by atoms with Crippen molar-refractivity contribution in [3.8, 4) is 0 Å². The molecule has 0 spiro atoms. The molecule has 2 N–H and O–H groups in total. The normalized spacial score (nSPS) is 21.2. The first-order valence-electron chi connectivity index (χ1n) is 7.56. The Balaban J connectivity index is 2.38. The highest BCUT2D eigenvalue weighted by Gasteiger charge is 2.28. The summed E-state index contributed by atoms with van der Waals surface area (Å²) in [5.74, 6) is 0. The van der Waals surface area contributed by atoms with E-state index in [4.69, 9.17) is 0 Å². The Morgan fingerprint density at radius 1 is 1.28 bits per heavy atom. The average molecular weight is 256 g/mol. The fourth-order valence-electron chi connectivity index (χ4n) is 2.82. The molecule has 1 heterocycles. The van der Waals surface area contributed by atoms with Crippen molar-refractivity contribution in [2.24, 2.45) is 5.41 Å². The zero-order valence-electron chi connectivity index (χ0n) is 12.7. The molecule has 0 bridgehead atoms. The van der Waals surface area contributed by atoms with Crippen molar-refractivity contribution in [1.29, 1.82) is 0 Å². The summed E-state index contributed by atoms with van der Waals surface area (Å²) < 4.78 is 0. The van der Waals surface area contributed by atoms with Gasteiger partial charge in [-0.05, 0) is 50.7 Å². The molecule has 1 aliphatic heterocycles. The average Bonchev–Trinajstić information content (AvgIpc) is 2.30. The SMILES string of the molecule is CCCN1CCC(NC(CCO)C(C)(C)C)CC1. The monoisotopic (exact) mass is 256 g/mol. The number of rotatable bonds is 6. The van der Waals surface area contributed by atoms with E-state index in [1.54, 1.807) is 0 Å². The van der Waals surface area contributed by atoms with Crippen molar-refractivity contribution in [2.75, 3.05) is 26.2 Å². The second kappa shape index (κ2) is 7.46. The van der Waals surface area contributed by atoms with E-state index in [1.807, 2.05) is 0 Å². The fourth-order valence-corrected chi connectivity index (χ4v) is 2.82. The third-order valence-corrected chi connectivity index (χ3v) is 4.03. The van der Waals surface area contributed by atoms with Crippen molar-refractivity contribution in [3.63, 3.8) is 0 Å². The first-order chi connectivity index (χ1) is 8.47. The number of aliphatic hydroxyl groups is 1. The van der Waals surface area contributed by atoms with E-state index in [0.29, 0.717) is 12.1 Å². The van der Waals surface area contributed by atoms with Gasteiger partial charge in [-0.2, -0.15) is 0 Å². The van der Waals surface area contributed by atoms with Gasteiger partial charge in [0.1, 0.15) is 0 Å². The molecule has 0 aromatic heterocycles. The largest absolute Gasteiger partial charge is 0.396 e. The maximum Gasteiger partial charge on any atom is 0.0446 e. The van der Waals surface area contributed by atoms with Gasteiger partial charge in [0.25, 0.3) is 0 Å². The van der Waals surface area contributed by atoms with Crippen LogP contribution in [0.25, 0.3) is 0 Å². The minimum Gasteiger partial charge on any atom is -0.396 e. The van der Waals surface area contributed by atoms with Crippen LogP contribution in [0, 0.1) is 5.41 Å². The zero-order valence-corrected chi connectivity index (χ0v) is 12.7. The molecular formula is C15H32N2O. The lowest BCUT2D eigenvalue weighted by atomic mass is 9.84. The molecule has 1 unspecified atom stereocenters. The number of hydrogen-bond donors (Lipinski definition) is 2. The predicted molar refractivity (Wildman–Crippen MR) is 77.8 cm³/mol. The van der Waals surface area contributed by atoms with E-state index in [2.05, 4.69) is 37.9 Å². The lowest BCUT2D eigenvalue weighted by Crippen LogP contribution is -2.50. The van der Waals surface area contributed by atoms with E-state index in [9.17, 15) is 5.11 Å². The summed E-state index contributed by atoms with van der Waals surface area (Å²) in [4.78, 5) is 2.57. The highest BCUT2D eigenvalue weighted by Crippen LogP contribution is 2.23. The molecule has 3 heteroatoms. The first-order valence-corrected chi connectivity index (χ1v) is 7.56. The van der Waals surface area contributed by atoms with Crippen LogP contribution in [0.2, 0.25) is 0 Å². The third-order valence-electron chi connectivity index (χ3n) is 4.03. The smallest absolute Gasteiger partial charge is 0.0446 e. The molecule has 0 aromatic carbocycles. The Kier molecular flexibility index (Phi) is 6.61. The van der Waals surface area contributed by atoms with Crippen molar-refractivity contribution >= 4 is 0 Å².